The van der Waals surface area contributed by atoms with Gasteiger partial charge in [0.05, 0.1) is 4.47 Å². The molecule has 0 radical (unpaired) electrons. The standard InChI is InChI=1S/C14H14BrNO5/c15-9-6-8(7-11-12(9)21-5-4-20-11)13(17)16-3-1-2-10(16)14(18)19/h6-7,10H,1-5H2,(H,18,19). The van der Waals surface area contributed by atoms with Gasteiger partial charge in [-0.25, -0.2) is 4.79 Å². The van der Waals surface area contributed by atoms with Crippen LogP contribution in [0.4, 0.5) is 0 Å². The van der Waals surface area contributed by atoms with Gasteiger partial charge in [-0.05, 0) is 40.9 Å². The number of halogens is 1. The number of carbonyl (C=O) groups excluding carboxylic acids is 1. The Bertz CT molecular complexity index is 603. The third-order valence-electron chi connectivity index (χ3n) is 3.64. The molecule has 0 aromatic heterocycles. The summed E-state index contributed by atoms with van der Waals surface area (Å²) < 4.78 is 11.6. The lowest BCUT2D eigenvalue weighted by atomic mass is 10.1. The monoisotopic (exact) mass is 355 g/mol. The molecule has 2 heterocycles. The minimum atomic E-state index is -0.961. The Morgan fingerprint density at radius 3 is 2.81 bits per heavy atom. The lowest BCUT2D eigenvalue weighted by Gasteiger charge is -2.24. The van der Waals surface area contributed by atoms with Gasteiger partial charge in [0.25, 0.3) is 5.91 Å². The van der Waals surface area contributed by atoms with E-state index >= 15 is 0 Å². The molecule has 0 aliphatic carbocycles. The Hall–Kier alpha value is -1.76. The van der Waals surface area contributed by atoms with E-state index < -0.39 is 12.0 Å². The molecule has 1 amide bonds. The topological polar surface area (TPSA) is 76.1 Å². The van der Waals surface area contributed by atoms with Crippen molar-refractivity contribution in [2.75, 3.05) is 19.8 Å². The molecule has 21 heavy (non-hydrogen) atoms. The van der Waals surface area contributed by atoms with Gasteiger partial charge in [0.2, 0.25) is 0 Å². The van der Waals surface area contributed by atoms with E-state index in [1.807, 2.05) is 0 Å². The van der Waals surface area contributed by atoms with Gasteiger partial charge >= 0.3 is 5.97 Å². The molecule has 2 aliphatic rings. The van der Waals surface area contributed by atoms with Crippen molar-refractivity contribution >= 4 is 27.8 Å². The van der Waals surface area contributed by atoms with Gasteiger partial charge < -0.3 is 19.5 Å². The molecule has 3 rings (SSSR count). The van der Waals surface area contributed by atoms with Crippen LogP contribution >= 0.6 is 15.9 Å². The number of rotatable bonds is 2. The molecule has 1 saturated heterocycles. The van der Waals surface area contributed by atoms with E-state index in [2.05, 4.69) is 15.9 Å². The van der Waals surface area contributed by atoms with Gasteiger partial charge in [0, 0.05) is 12.1 Å². The molecule has 1 aromatic rings. The van der Waals surface area contributed by atoms with Gasteiger partial charge in [-0.15, -0.1) is 0 Å². The number of carbonyl (C=O) groups is 2. The zero-order chi connectivity index (χ0) is 15.0. The van der Waals surface area contributed by atoms with E-state index in [1.54, 1.807) is 12.1 Å². The molecule has 7 heteroatoms. The first kappa shape index (κ1) is 14.2. The number of ether oxygens (including phenoxy) is 2. The summed E-state index contributed by atoms with van der Waals surface area (Å²) in [5.74, 6) is -0.172. The average Bonchev–Trinajstić information content (AvgIpc) is 2.96. The Labute approximate surface area is 129 Å². The lowest BCUT2D eigenvalue weighted by molar-refractivity contribution is -0.141. The number of aliphatic carboxylic acids is 1. The average molecular weight is 356 g/mol. The number of carboxylic acid groups (broad SMARTS) is 1. The second-order valence-electron chi connectivity index (χ2n) is 4.98. The van der Waals surface area contributed by atoms with E-state index in [1.165, 1.54) is 4.90 Å². The molecule has 1 atom stereocenters. The molecule has 1 aromatic carbocycles. The highest BCUT2D eigenvalue weighted by molar-refractivity contribution is 9.10. The second-order valence-corrected chi connectivity index (χ2v) is 5.83. The number of fused-ring (bicyclic) bond motifs is 1. The van der Waals surface area contributed by atoms with Crippen molar-refractivity contribution in [1.82, 2.24) is 4.90 Å². The Morgan fingerprint density at radius 2 is 2.05 bits per heavy atom. The van der Waals surface area contributed by atoms with Crippen molar-refractivity contribution in [1.29, 1.82) is 0 Å². The Morgan fingerprint density at radius 1 is 1.29 bits per heavy atom. The van der Waals surface area contributed by atoms with E-state index in [4.69, 9.17) is 9.47 Å². The highest BCUT2D eigenvalue weighted by atomic mass is 79.9. The maximum atomic E-state index is 12.5. The summed E-state index contributed by atoms with van der Waals surface area (Å²) in [6, 6.07) is 2.51. The number of likely N-dealkylation sites (tertiary alicyclic amines) is 1. The number of benzene rings is 1. The molecule has 1 N–H and O–H groups in total. The fourth-order valence-electron chi connectivity index (χ4n) is 2.67. The van der Waals surface area contributed by atoms with Crippen molar-refractivity contribution in [3.8, 4) is 11.5 Å². The zero-order valence-corrected chi connectivity index (χ0v) is 12.8. The van der Waals surface area contributed by atoms with Crippen LogP contribution in [0.15, 0.2) is 16.6 Å². The molecule has 1 unspecified atom stereocenters. The molecule has 6 nitrogen and oxygen atoms in total. The maximum absolute atomic E-state index is 12.5. The Balaban J connectivity index is 1.91. The van der Waals surface area contributed by atoms with Crippen LogP contribution in [0.25, 0.3) is 0 Å². The largest absolute Gasteiger partial charge is 0.486 e. The van der Waals surface area contributed by atoms with E-state index in [0.717, 1.165) is 0 Å². The fraction of sp³-hybridized carbons (Fsp3) is 0.429. The van der Waals surface area contributed by atoms with Gasteiger partial charge in [0.15, 0.2) is 11.5 Å². The first-order valence-electron chi connectivity index (χ1n) is 6.71. The molecule has 0 spiro atoms. The van der Waals surface area contributed by atoms with Crippen LogP contribution < -0.4 is 9.47 Å². The second kappa shape index (κ2) is 5.55. The summed E-state index contributed by atoms with van der Waals surface area (Å²) in [5, 5.41) is 9.18. The summed E-state index contributed by atoms with van der Waals surface area (Å²) in [6.45, 7) is 1.35. The lowest BCUT2D eigenvalue weighted by Crippen LogP contribution is -2.40. The van der Waals surface area contributed by atoms with Crippen LogP contribution in [-0.2, 0) is 4.79 Å². The van der Waals surface area contributed by atoms with Crippen LogP contribution in [0.5, 0.6) is 11.5 Å². The van der Waals surface area contributed by atoms with Crippen molar-refractivity contribution in [3.63, 3.8) is 0 Å². The van der Waals surface area contributed by atoms with Gasteiger partial charge in [0.1, 0.15) is 19.3 Å². The third-order valence-corrected chi connectivity index (χ3v) is 4.23. The quantitative estimate of drug-likeness (QED) is 0.876. The maximum Gasteiger partial charge on any atom is 0.326 e. The molecule has 0 bridgehead atoms. The van der Waals surface area contributed by atoms with Crippen molar-refractivity contribution in [2.45, 2.75) is 18.9 Å². The van der Waals surface area contributed by atoms with Gasteiger partial charge in [-0.2, -0.15) is 0 Å². The van der Waals surface area contributed by atoms with Crippen molar-refractivity contribution in [3.05, 3.63) is 22.2 Å². The van der Waals surface area contributed by atoms with Crippen LogP contribution in [-0.4, -0.2) is 47.7 Å². The van der Waals surface area contributed by atoms with Crippen LogP contribution in [0.2, 0.25) is 0 Å². The highest BCUT2D eigenvalue weighted by Gasteiger charge is 2.35. The van der Waals surface area contributed by atoms with Crippen LogP contribution in [0.1, 0.15) is 23.2 Å². The van der Waals surface area contributed by atoms with Gasteiger partial charge in [-0.3, -0.25) is 4.79 Å². The van der Waals surface area contributed by atoms with E-state index in [9.17, 15) is 14.7 Å². The molecule has 2 aliphatic heterocycles. The molecule has 0 saturated carbocycles. The molecule has 112 valence electrons. The number of hydrogen-bond acceptors (Lipinski definition) is 4. The predicted octanol–water partition coefficient (Wildman–Crippen LogP) is 1.91. The number of hydrogen-bond donors (Lipinski definition) is 1. The summed E-state index contributed by atoms with van der Waals surface area (Å²) in [4.78, 5) is 25.1. The highest BCUT2D eigenvalue weighted by Crippen LogP contribution is 2.39. The van der Waals surface area contributed by atoms with Crippen molar-refractivity contribution in [2.24, 2.45) is 0 Å². The minimum absolute atomic E-state index is 0.294. The fourth-order valence-corrected chi connectivity index (χ4v) is 3.22. The Kier molecular flexibility index (Phi) is 3.75. The first-order chi connectivity index (χ1) is 10.1. The summed E-state index contributed by atoms with van der Waals surface area (Å²) in [6.07, 6.45) is 1.20. The third kappa shape index (κ3) is 2.57. The number of nitrogens with zero attached hydrogens (tertiary/aromatic N) is 1. The molecule has 1 fully saturated rings. The van der Waals surface area contributed by atoms with Crippen LogP contribution in [0, 0.1) is 0 Å². The van der Waals surface area contributed by atoms with Crippen LogP contribution in [0.3, 0.4) is 0 Å². The van der Waals surface area contributed by atoms with Crippen molar-refractivity contribution < 1.29 is 24.2 Å². The molecular weight excluding hydrogens is 342 g/mol. The normalized spacial score (nSPS) is 20.4. The van der Waals surface area contributed by atoms with E-state index in [-0.39, 0.29) is 5.91 Å². The number of amides is 1. The zero-order valence-electron chi connectivity index (χ0n) is 11.2. The first-order valence-corrected chi connectivity index (χ1v) is 7.50. The molecular formula is C14H14BrNO5. The summed E-state index contributed by atoms with van der Waals surface area (Å²) in [5.41, 5.74) is 0.402. The predicted molar refractivity (Wildman–Crippen MR) is 76.8 cm³/mol. The minimum Gasteiger partial charge on any atom is -0.486 e. The summed E-state index contributed by atoms with van der Waals surface area (Å²) >= 11 is 3.36. The summed E-state index contributed by atoms with van der Waals surface area (Å²) in [7, 11) is 0. The smallest absolute Gasteiger partial charge is 0.326 e. The van der Waals surface area contributed by atoms with Gasteiger partial charge in [-0.1, -0.05) is 0 Å². The van der Waals surface area contributed by atoms with E-state index in [0.29, 0.717) is 54.1 Å². The SMILES string of the molecule is O=C(O)C1CCCN1C(=O)c1cc(Br)c2c(c1)OCCO2. The number of carboxylic acids is 1.